The highest BCUT2D eigenvalue weighted by atomic mass is 19.2. The third kappa shape index (κ3) is 2.62. The number of benzene rings is 1. The SMILES string of the molecule is CNC(=O)C1CCCN(c2c(N)ccc(F)c2F)C1. The van der Waals surface area contributed by atoms with Gasteiger partial charge in [-0.3, -0.25) is 4.79 Å². The Morgan fingerprint density at radius 2 is 2.21 bits per heavy atom. The Hall–Kier alpha value is -1.85. The Morgan fingerprint density at radius 3 is 2.89 bits per heavy atom. The number of nitrogens with zero attached hydrogens (tertiary/aromatic N) is 1. The van der Waals surface area contributed by atoms with E-state index >= 15 is 0 Å². The van der Waals surface area contributed by atoms with Crippen molar-refractivity contribution < 1.29 is 13.6 Å². The van der Waals surface area contributed by atoms with Gasteiger partial charge in [0, 0.05) is 20.1 Å². The van der Waals surface area contributed by atoms with E-state index in [1.165, 1.54) is 6.07 Å². The molecule has 1 fully saturated rings. The summed E-state index contributed by atoms with van der Waals surface area (Å²) in [7, 11) is 1.57. The van der Waals surface area contributed by atoms with Gasteiger partial charge in [-0.25, -0.2) is 8.78 Å². The molecule has 3 N–H and O–H groups in total. The first-order chi connectivity index (χ1) is 9.04. The largest absolute Gasteiger partial charge is 0.397 e. The number of piperidine rings is 1. The number of carbonyl (C=O) groups is 1. The highest BCUT2D eigenvalue weighted by Gasteiger charge is 2.28. The minimum Gasteiger partial charge on any atom is -0.397 e. The van der Waals surface area contributed by atoms with E-state index in [4.69, 9.17) is 5.73 Å². The molecule has 2 rings (SSSR count). The summed E-state index contributed by atoms with van der Waals surface area (Å²) in [5.74, 6) is -2.18. The summed E-state index contributed by atoms with van der Waals surface area (Å²) in [5, 5.41) is 2.58. The van der Waals surface area contributed by atoms with E-state index in [-0.39, 0.29) is 23.2 Å². The molecule has 1 aliphatic heterocycles. The molecule has 0 aromatic heterocycles. The molecule has 1 atom stereocenters. The van der Waals surface area contributed by atoms with E-state index in [1.807, 2.05) is 0 Å². The van der Waals surface area contributed by atoms with Gasteiger partial charge in [-0.2, -0.15) is 0 Å². The smallest absolute Gasteiger partial charge is 0.224 e. The number of carbonyl (C=O) groups excluding carboxylic acids is 1. The molecule has 0 aliphatic carbocycles. The summed E-state index contributed by atoms with van der Waals surface area (Å²) >= 11 is 0. The highest BCUT2D eigenvalue weighted by molar-refractivity contribution is 5.80. The van der Waals surface area contributed by atoms with Gasteiger partial charge in [0.15, 0.2) is 11.6 Å². The highest BCUT2D eigenvalue weighted by Crippen LogP contribution is 2.32. The lowest BCUT2D eigenvalue weighted by Crippen LogP contribution is -2.42. The monoisotopic (exact) mass is 269 g/mol. The number of hydrogen-bond acceptors (Lipinski definition) is 3. The first-order valence-corrected chi connectivity index (χ1v) is 6.24. The van der Waals surface area contributed by atoms with Crippen molar-refractivity contribution >= 4 is 17.3 Å². The van der Waals surface area contributed by atoms with Crippen molar-refractivity contribution in [3.63, 3.8) is 0 Å². The molecule has 0 radical (unpaired) electrons. The molecule has 0 spiro atoms. The molecular formula is C13H17F2N3O. The molecule has 1 heterocycles. The average molecular weight is 269 g/mol. The molecule has 1 aliphatic rings. The lowest BCUT2D eigenvalue weighted by molar-refractivity contribution is -0.124. The number of amides is 1. The lowest BCUT2D eigenvalue weighted by Gasteiger charge is -2.34. The topological polar surface area (TPSA) is 58.4 Å². The fourth-order valence-electron chi connectivity index (χ4n) is 2.47. The summed E-state index contributed by atoms with van der Waals surface area (Å²) in [6, 6.07) is 2.35. The summed E-state index contributed by atoms with van der Waals surface area (Å²) in [4.78, 5) is 13.3. The maximum Gasteiger partial charge on any atom is 0.224 e. The second kappa shape index (κ2) is 5.42. The van der Waals surface area contributed by atoms with E-state index in [0.717, 1.165) is 18.9 Å². The van der Waals surface area contributed by atoms with Gasteiger partial charge in [0.2, 0.25) is 5.91 Å². The Morgan fingerprint density at radius 1 is 1.47 bits per heavy atom. The summed E-state index contributed by atoms with van der Waals surface area (Å²) in [5.41, 5.74) is 5.98. The van der Waals surface area contributed by atoms with E-state index in [9.17, 15) is 13.6 Å². The number of nitrogens with two attached hydrogens (primary N) is 1. The van der Waals surface area contributed by atoms with E-state index in [0.29, 0.717) is 13.1 Å². The summed E-state index contributed by atoms with van der Waals surface area (Å²) < 4.78 is 27.2. The van der Waals surface area contributed by atoms with Crippen LogP contribution in [0.2, 0.25) is 0 Å². The molecule has 1 aromatic carbocycles. The molecule has 4 nitrogen and oxygen atoms in total. The number of hydrogen-bond donors (Lipinski definition) is 2. The van der Waals surface area contributed by atoms with Gasteiger partial charge in [-0.15, -0.1) is 0 Å². The van der Waals surface area contributed by atoms with E-state index < -0.39 is 11.6 Å². The van der Waals surface area contributed by atoms with Crippen molar-refractivity contribution in [3.8, 4) is 0 Å². The molecule has 1 saturated heterocycles. The van der Waals surface area contributed by atoms with Crippen molar-refractivity contribution in [2.75, 3.05) is 30.8 Å². The molecule has 104 valence electrons. The van der Waals surface area contributed by atoms with Crippen LogP contribution in [0.25, 0.3) is 0 Å². The zero-order valence-corrected chi connectivity index (χ0v) is 10.7. The third-order valence-corrected chi connectivity index (χ3v) is 3.46. The number of nitrogen functional groups attached to an aromatic ring is 1. The van der Waals surface area contributed by atoms with Crippen LogP contribution in [-0.2, 0) is 4.79 Å². The summed E-state index contributed by atoms with van der Waals surface area (Å²) in [6.45, 7) is 0.919. The van der Waals surface area contributed by atoms with Gasteiger partial charge in [-0.1, -0.05) is 0 Å². The van der Waals surface area contributed by atoms with Crippen molar-refractivity contribution in [2.45, 2.75) is 12.8 Å². The van der Waals surface area contributed by atoms with Crippen molar-refractivity contribution in [1.29, 1.82) is 0 Å². The first-order valence-electron chi connectivity index (χ1n) is 6.24. The van der Waals surface area contributed by atoms with Crippen molar-refractivity contribution in [1.82, 2.24) is 5.32 Å². The number of anilines is 2. The Bertz CT molecular complexity index is 493. The van der Waals surface area contributed by atoms with Crippen LogP contribution < -0.4 is 16.0 Å². The Labute approximate surface area is 110 Å². The van der Waals surface area contributed by atoms with Gasteiger partial charge < -0.3 is 16.0 Å². The molecular weight excluding hydrogens is 252 g/mol. The van der Waals surface area contributed by atoms with Crippen LogP contribution in [0, 0.1) is 17.6 Å². The molecule has 1 amide bonds. The van der Waals surface area contributed by atoms with Gasteiger partial charge in [0.05, 0.1) is 17.3 Å². The van der Waals surface area contributed by atoms with Crippen LogP contribution in [0.3, 0.4) is 0 Å². The van der Waals surface area contributed by atoms with Gasteiger partial charge in [0.1, 0.15) is 0 Å². The molecule has 0 saturated carbocycles. The van der Waals surface area contributed by atoms with E-state index in [1.54, 1.807) is 11.9 Å². The van der Waals surface area contributed by atoms with Crippen LogP contribution in [0.15, 0.2) is 12.1 Å². The van der Waals surface area contributed by atoms with Crippen LogP contribution >= 0.6 is 0 Å². The molecule has 0 bridgehead atoms. The lowest BCUT2D eigenvalue weighted by atomic mass is 9.96. The normalized spacial score (nSPS) is 19.3. The minimum atomic E-state index is -0.947. The second-order valence-electron chi connectivity index (χ2n) is 4.70. The second-order valence-corrected chi connectivity index (χ2v) is 4.70. The maximum atomic E-state index is 13.9. The predicted molar refractivity (Wildman–Crippen MR) is 69.8 cm³/mol. The number of nitrogens with one attached hydrogen (secondary N) is 1. The van der Waals surface area contributed by atoms with Crippen LogP contribution in [-0.4, -0.2) is 26.0 Å². The Balaban J connectivity index is 2.27. The molecule has 6 heteroatoms. The fourth-order valence-corrected chi connectivity index (χ4v) is 2.47. The fraction of sp³-hybridized carbons (Fsp3) is 0.462. The quantitative estimate of drug-likeness (QED) is 0.800. The predicted octanol–water partition coefficient (Wildman–Crippen LogP) is 1.51. The van der Waals surface area contributed by atoms with Crippen LogP contribution in [0.1, 0.15) is 12.8 Å². The zero-order valence-electron chi connectivity index (χ0n) is 10.7. The molecule has 19 heavy (non-hydrogen) atoms. The van der Waals surface area contributed by atoms with Gasteiger partial charge in [-0.05, 0) is 25.0 Å². The van der Waals surface area contributed by atoms with Crippen LogP contribution in [0.4, 0.5) is 20.2 Å². The van der Waals surface area contributed by atoms with E-state index in [2.05, 4.69) is 5.32 Å². The van der Waals surface area contributed by atoms with Crippen molar-refractivity contribution in [3.05, 3.63) is 23.8 Å². The summed E-state index contributed by atoms with van der Waals surface area (Å²) in [6.07, 6.45) is 1.49. The van der Waals surface area contributed by atoms with Crippen molar-refractivity contribution in [2.24, 2.45) is 5.92 Å². The maximum absolute atomic E-state index is 13.9. The number of rotatable bonds is 2. The van der Waals surface area contributed by atoms with Crippen LogP contribution in [0.5, 0.6) is 0 Å². The Kier molecular flexibility index (Phi) is 3.87. The van der Waals surface area contributed by atoms with Gasteiger partial charge >= 0.3 is 0 Å². The standard InChI is InChI=1S/C13H17F2N3O/c1-17-13(19)8-3-2-6-18(7-8)12-10(16)5-4-9(14)11(12)15/h4-5,8H,2-3,6-7,16H2,1H3,(H,17,19). The third-order valence-electron chi connectivity index (χ3n) is 3.46. The number of halogens is 2. The average Bonchev–Trinajstić information content (AvgIpc) is 2.43. The zero-order chi connectivity index (χ0) is 14.0. The first kappa shape index (κ1) is 13.6. The molecule has 1 unspecified atom stereocenters. The molecule has 1 aromatic rings. The van der Waals surface area contributed by atoms with Gasteiger partial charge in [0.25, 0.3) is 0 Å². The minimum absolute atomic E-state index is 0.0635.